The molecule has 0 aliphatic heterocycles. The lowest BCUT2D eigenvalue weighted by atomic mass is 10.1. The summed E-state index contributed by atoms with van der Waals surface area (Å²) < 4.78 is 20.3. The standard InChI is InChI=1S/C46H57NO4Si2/c1-44(2,3)50-43(48)47-37(35-49-52(45(4,5)6,39-22-14-10-15-23-39)40-24-16-11-17-25-40)34-36-30-32-38(33-31-36)51-53(46(7,8)9,41-26-18-12-19-27-41)42-28-20-13-21-29-42/h10-33,37H,34-35H2,1-9H3,(H,47,48)/t37-/m0/s1. The van der Waals surface area contributed by atoms with Gasteiger partial charge >= 0.3 is 14.4 Å². The van der Waals surface area contributed by atoms with Gasteiger partial charge in [0.25, 0.3) is 8.32 Å². The van der Waals surface area contributed by atoms with Crippen LogP contribution in [0.2, 0.25) is 10.1 Å². The summed E-state index contributed by atoms with van der Waals surface area (Å²) in [5.74, 6) is 0.822. The quantitative estimate of drug-likeness (QED) is 0.130. The van der Waals surface area contributed by atoms with Crippen molar-refractivity contribution < 1.29 is 18.4 Å². The van der Waals surface area contributed by atoms with Crippen LogP contribution in [0.3, 0.4) is 0 Å². The normalized spacial score (nSPS) is 13.2. The molecule has 278 valence electrons. The van der Waals surface area contributed by atoms with Crippen LogP contribution in [0.25, 0.3) is 0 Å². The van der Waals surface area contributed by atoms with Crippen molar-refractivity contribution in [3.63, 3.8) is 0 Å². The molecule has 0 unspecified atom stereocenters. The molecule has 1 atom stereocenters. The maximum Gasteiger partial charge on any atom is 0.407 e. The fourth-order valence-corrected chi connectivity index (χ4v) is 16.4. The van der Waals surface area contributed by atoms with Gasteiger partial charge in [-0.15, -0.1) is 0 Å². The molecule has 0 saturated carbocycles. The number of hydrogen-bond acceptors (Lipinski definition) is 4. The molecule has 0 spiro atoms. The van der Waals surface area contributed by atoms with E-state index in [1.807, 2.05) is 32.9 Å². The fourth-order valence-electron chi connectivity index (χ4n) is 7.42. The summed E-state index contributed by atoms with van der Waals surface area (Å²) in [7, 11) is -5.64. The Morgan fingerprint density at radius 3 is 1.28 bits per heavy atom. The minimum atomic E-state index is -2.85. The van der Waals surface area contributed by atoms with Crippen LogP contribution in [-0.2, 0) is 15.6 Å². The van der Waals surface area contributed by atoms with Gasteiger partial charge < -0.3 is 18.9 Å². The molecule has 5 rings (SSSR count). The minimum absolute atomic E-state index is 0.158. The van der Waals surface area contributed by atoms with Crippen molar-refractivity contribution in [1.82, 2.24) is 5.32 Å². The molecule has 0 fully saturated rings. The number of alkyl carbamates (subject to hydrolysis) is 1. The lowest BCUT2D eigenvalue weighted by molar-refractivity contribution is 0.0486. The smallest absolute Gasteiger partial charge is 0.407 e. The van der Waals surface area contributed by atoms with Crippen LogP contribution < -0.4 is 30.5 Å². The Balaban J connectivity index is 1.48. The van der Waals surface area contributed by atoms with E-state index < -0.39 is 28.3 Å². The number of ether oxygens (including phenoxy) is 1. The van der Waals surface area contributed by atoms with Gasteiger partial charge in [-0.3, -0.25) is 0 Å². The van der Waals surface area contributed by atoms with Gasteiger partial charge in [-0.2, -0.15) is 0 Å². The molecule has 1 amide bonds. The number of nitrogens with one attached hydrogen (secondary N) is 1. The van der Waals surface area contributed by atoms with Gasteiger partial charge in [-0.05, 0) is 75.7 Å². The predicted molar refractivity (Wildman–Crippen MR) is 225 cm³/mol. The van der Waals surface area contributed by atoms with Gasteiger partial charge in [0, 0.05) is 0 Å². The summed E-state index contributed by atoms with van der Waals surface area (Å²) >= 11 is 0. The van der Waals surface area contributed by atoms with Crippen LogP contribution in [0.15, 0.2) is 146 Å². The van der Waals surface area contributed by atoms with Crippen molar-refractivity contribution in [1.29, 1.82) is 0 Å². The maximum absolute atomic E-state index is 13.3. The highest BCUT2D eigenvalue weighted by molar-refractivity contribution is 7.00. The molecule has 0 bridgehead atoms. The number of amides is 1. The summed E-state index contributed by atoms with van der Waals surface area (Å²) in [5, 5.41) is 7.66. The Bertz CT molecular complexity index is 1800. The van der Waals surface area contributed by atoms with Gasteiger partial charge in [-0.25, -0.2) is 4.79 Å². The zero-order valence-electron chi connectivity index (χ0n) is 33.0. The van der Waals surface area contributed by atoms with Gasteiger partial charge in [0.1, 0.15) is 11.4 Å². The van der Waals surface area contributed by atoms with Crippen molar-refractivity contribution in [2.75, 3.05) is 6.61 Å². The molecule has 5 aromatic carbocycles. The minimum Gasteiger partial charge on any atom is -0.534 e. The SMILES string of the molecule is CC(C)(C)OC(=O)N[C@H](CO[Si](c1ccccc1)(c1ccccc1)C(C)(C)C)Cc1ccc(O[Si](c2ccccc2)(c2ccccc2)C(C)(C)C)cc1. The molecule has 0 heterocycles. The fraction of sp³-hybridized carbons (Fsp3) is 0.326. The van der Waals surface area contributed by atoms with Gasteiger partial charge in [0.05, 0.1) is 12.6 Å². The number of rotatable bonds is 12. The van der Waals surface area contributed by atoms with Crippen LogP contribution in [0.1, 0.15) is 67.9 Å². The summed E-state index contributed by atoms with van der Waals surface area (Å²) in [6, 6.07) is 50.5. The number of benzene rings is 5. The second kappa shape index (κ2) is 16.3. The molecule has 53 heavy (non-hydrogen) atoms. The Morgan fingerprint density at radius 1 is 0.547 bits per heavy atom. The zero-order chi connectivity index (χ0) is 38.3. The van der Waals surface area contributed by atoms with Crippen LogP contribution in [0, 0.1) is 0 Å². The molecule has 5 nitrogen and oxygen atoms in total. The van der Waals surface area contributed by atoms with Crippen LogP contribution in [0.5, 0.6) is 5.75 Å². The lowest BCUT2D eigenvalue weighted by Crippen LogP contribution is -2.68. The second-order valence-electron chi connectivity index (χ2n) is 16.9. The lowest BCUT2D eigenvalue weighted by Gasteiger charge is -2.43. The average Bonchev–Trinajstić information content (AvgIpc) is 3.11. The van der Waals surface area contributed by atoms with E-state index in [0.29, 0.717) is 13.0 Å². The molecule has 5 aromatic rings. The van der Waals surface area contributed by atoms with E-state index in [1.54, 1.807) is 0 Å². The predicted octanol–water partition coefficient (Wildman–Crippen LogP) is 8.64. The van der Waals surface area contributed by atoms with E-state index in [-0.39, 0.29) is 16.1 Å². The average molecular weight is 744 g/mol. The second-order valence-corrected chi connectivity index (χ2v) is 25.5. The summed E-state index contributed by atoms with van der Waals surface area (Å²) in [6.45, 7) is 19.6. The highest BCUT2D eigenvalue weighted by atomic mass is 28.4. The third-order valence-corrected chi connectivity index (χ3v) is 19.7. The van der Waals surface area contributed by atoms with Crippen molar-refractivity contribution in [2.45, 2.75) is 90.5 Å². The highest BCUT2D eigenvalue weighted by Gasteiger charge is 2.52. The summed E-state index contributed by atoms with van der Waals surface area (Å²) in [6.07, 6.45) is 0.0944. The zero-order valence-corrected chi connectivity index (χ0v) is 35.0. The van der Waals surface area contributed by atoms with Crippen molar-refractivity contribution >= 4 is 43.5 Å². The summed E-state index contributed by atoms with van der Waals surface area (Å²) in [4.78, 5) is 13.3. The Hall–Kier alpha value is -4.44. The van der Waals surface area contributed by atoms with Gasteiger partial charge in [0.2, 0.25) is 0 Å². The molecule has 0 radical (unpaired) electrons. The molecule has 0 aromatic heterocycles. The van der Waals surface area contributed by atoms with E-state index in [1.165, 1.54) is 20.7 Å². The molecule has 0 aliphatic rings. The summed E-state index contributed by atoms with van der Waals surface area (Å²) in [5.41, 5.74) is 0.430. The molecule has 7 heteroatoms. The van der Waals surface area contributed by atoms with Gasteiger partial charge in [-0.1, -0.05) is 175 Å². The van der Waals surface area contributed by atoms with Crippen molar-refractivity contribution in [2.24, 2.45) is 0 Å². The molecule has 0 aliphatic carbocycles. The van der Waals surface area contributed by atoms with E-state index in [4.69, 9.17) is 13.6 Å². The first kappa shape index (κ1) is 39.8. The molecule has 1 N–H and O–H groups in total. The highest BCUT2D eigenvalue weighted by Crippen LogP contribution is 2.38. The van der Waals surface area contributed by atoms with Gasteiger partial charge in [0.15, 0.2) is 0 Å². The van der Waals surface area contributed by atoms with E-state index in [2.05, 4.69) is 180 Å². The number of carbonyl (C=O) groups is 1. The number of hydrogen-bond donors (Lipinski definition) is 1. The Labute approximate surface area is 320 Å². The van der Waals surface area contributed by atoms with E-state index in [0.717, 1.165) is 11.3 Å². The largest absolute Gasteiger partial charge is 0.534 e. The molecular formula is C46H57NO4Si2. The maximum atomic E-state index is 13.3. The third kappa shape index (κ3) is 9.21. The molecular weight excluding hydrogens is 687 g/mol. The van der Waals surface area contributed by atoms with E-state index >= 15 is 0 Å². The topological polar surface area (TPSA) is 56.8 Å². The van der Waals surface area contributed by atoms with Crippen molar-refractivity contribution in [3.05, 3.63) is 151 Å². The van der Waals surface area contributed by atoms with Crippen LogP contribution in [0.4, 0.5) is 4.79 Å². The first-order chi connectivity index (χ1) is 25.0. The Kier molecular flexibility index (Phi) is 12.2. The number of carbonyl (C=O) groups excluding carboxylic acids is 1. The Morgan fingerprint density at radius 2 is 0.925 bits per heavy atom. The van der Waals surface area contributed by atoms with Crippen molar-refractivity contribution in [3.8, 4) is 5.75 Å². The van der Waals surface area contributed by atoms with Crippen LogP contribution in [-0.4, -0.2) is 41.0 Å². The molecule has 0 saturated heterocycles. The van der Waals surface area contributed by atoms with Crippen LogP contribution >= 0.6 is 0 Å². The van der Waals surface area contributed by atoms with E-state index in [9.17, 15) is 4.79 Å². The first-order valence-electron chi connectivity index (χ1n) is 18.7. The first-order valence-corrected chi connectivity index (χ1v) is 22.5. The monoisotopic (exact) mass is 743 g/mol. The third-order valence-electron chi connectivity index (χ3n) is 9.73.